The Morgan fingerprint density at radius 3 is 2.86 bits per heavy atom. The van der Waals surface area contributed by atoms with Gasteiger partial charge in [-0.1, -0.05) is 0 Å². The van der Waals surface area contributed by atoms with Crippen LogP contribution in [0.5, 0.6) is 0 Å². The van der Waals surface area contributed by atoms with E-state index in [9.17, 15) is 9.59 Å². The quantitative estimate of drug-likeness (QED) is 0.801. The van der Waals surface area contributed by atoms with E-state index in [0.717, 1.165) is 4.88 Å². The second kappa shape index (κ2) is 7.14. The van der Waals surface area contributed by atoms with Gasteiger partial charge >= 0.3 is 5.97 Å². The maximum atomic E-state index is 11.6. The molecule has 0 atom stereocenters. The Morgan fingerprint density at radius 2 is 2.24 bits per heavy atom. The van der Waals surface area contributed by atoms with Crippen molar-refractivity contribution in [1.29, 1.82) is 0 Å². The van der Waals surface area contributed by atoms with Crippen LogP contribution < -0.4 is 5.32 Å². The zero-order chi connectivity index (χ0) is 15.2. The summed E-state index contributed by atoms with van der Waals surface area (Å²) in [6.45, 7) is 2.45. The Hall–Kier alpha value is -1.99. The van der Waals surface area contributed by atoms with Crippen molar-refractivity contribution in [1.82, 2.24) is 10.3 Å². The summed E-state index contributed by atoms with van der Waals surface area (Å²) < 4.78 is 0. The zero-order valence-electron chi connectivity index (χ0n) is 11.3. The van der Waals surface area contributed by atoms with Crippen molar-refractivity contribution >= 4 is 40.6 Å². The summed E-state index contributed by atoms with van der Waals surface area (Å²) in [7, 11) is 0. The monoisotopic (exact) mass is 322 g/mol. The van der Waals surface area contributed by atoms with Gasteiger partial charge in [0.05, 0.1) is 5.01 Å². The average molecular weight is 322 g/mol. The van der Waals surface area contributed by atoms with Crippen LogP contribution in [0.3, 0.4) is 0 Å². The van der Waals surface area contributed by atoms with Crippen LogP contribution in [0.25, 0.3) is 6.08 Å². The summed E-state index contributed by atoms with van der Waals surface area (Å²) in [5.74, 6) is -1.20. The minimum atomic E-state index is -1.03. The van der Waals surface area contributed by atoms with E-state index in [0.29, 0.717) is 18.0 Å². The molecule has 1 amide bonds. The van der Waals surface area contributed by atoms with Crippen LogP contribution >= 0.6 is 22.7 Å². The summed E-state index contributed by atoms with van der Waals surface area (Å²) in [5, 5.41) is 13.7. The average Bonchev–Trinajstić information content (AvgIpc) is 3.05. The first-order valence-electron chi connectivity index (χ1n) is 6.24. The molecule has 2 N–H and O–H groups in total. The van der Waals surface area contributed by atoms with Gasteiger partial charge in [0.25, 0.3) is 0 Å². The van der Waals surface area contributed by atoms with E-state index in [4.69, 9.17) is 5.11 Å². The molecule has 0 spiro atoms. The minimum absolute atomic E-state index is 0.0503. The van der Waals surface area contributed by atoms with Crippen molar-refractivity contribution in [2.75, 3.05) is 6.54 Å². The van der Waals surface area contributed by atoms with Crippen molar-refractivity contribution in [2.45, 2.75) is 13.3 Å². The molecule has 0 aliphatic heterocycles. The fraction of sp³-hybridized carbons (Fsp3) is 0.214. The molecule has 2 aromatic rings. The third kappa shape index (κ3) is 4.80. The van der Waals surface area contributed by atoms with Crippen LogP contribution in [0.15, 0.2) is 23.6 Å². The van der Waals surface area contributed by atoms with Crippen molar-refractivity contribution in [2.24, 2.45) is 0 Å². The van der Waals surface area contributed by atoms with Crippen molar-refractivity contribution in [3.63, 3.8) is 0 Å². The number of hydrogen-bond donors (Lipinski definition) is 2. The lowest BCUT2D eigenvalue weighted by atomic mass is 10.3. The Balaban J connectivity index is 1.76. The van der Waals surface area contributed by atoms with Gasteiger partial charge in [-0.05, 0) is 25.1 Å². The summed E-state index contributed by atoms with van der Waals surface area (Å²) in [5.41, 5.74) is 0.0503. The van der Waals surface area contributed by atoms with Gasteiger partial charge in [-0.3, -0.25) is 4.79 Å². The van der Waals surface area contributed by atoms with Gasteiger partial charge < -0.3 is 10.4 Å². The van der Waals surface area contributed by atoms with E-state index in [1.165, 1.54) is 27.7 Å². The van der Waals surface area contributed by atoms with Crippen LogP contribution in [-0.2, 0) is 11.2 Å². The van der Waals surface area contributed by atoms with Crippen molar-refractivity contribution in [3.8, 4) is 0 Å². The number of aromatic carboxylic acids is 1. The van der Waals surface area contributed by atoms with Gasteiger partial charge in [0.1, 0.15) is 0 Å². The van der Waals surface area contributed by atoms with Crippen LogP contribution in [-0.4, -0.2) is 28.5 Å². The highest BCUT2D eigenvalue weighted by atomic mass is 32.1. The number of thiazole rings is 1. The van der Waals surface area contributed by atoms with Crippen LogP contribution in [0, 0.1) is 6.92 Å². The lowest BCUT2D eigenvalue weighted by Crippen LogP contribution is -2.23. The number of aromatic nitrogens is 1. The standard InChI is InChI=1S/C14H14N2O3S2/c1-9-2-3-10(21-9)4-5-12(17)15-7-6-13-16-11(8-20-13)14(18)19/h2-5,8H,6-7H2,1H3,(H,15,17)(H,18,19). The molecule has 0 aliphatic rings. The number of thiophene rings is 1. The Bertz CT molecular complexity index is 673. The lowest BCUT2D eigenvalue weighted by molar-refractivity contribution is -0.116. The molecule has 2 aromatic heterocycles. The van der Waals surface area contributed by atoms with Crippen molar-refractivity contribution < 1.29 is 14.7 Å². The Kier molecular flexibility index (Phi) is 5.24. The molecule has 0 saturated heterocycles. The second-order valence-corrected chi connectivity index (χ2v) is 6.52. The molecule has 110 valence electrons. The summed E-state index contributed by atoms with van der Waals surface area (Å²) in [4.78, 5) is 28.5. The normalized spacial score (nSPS) is 10.9. The van der Waals surface area contributed by atoms with Gasteiger partial charge in [0, 0.05) is 34.2 Å². The molecular weight excluding hydrogens is 308 g/mol. The van der Waals surface area contributed by atoms with Gasteiger partial charge in [0.2, 0.25) is 5.91 Å². The number of rotatable bonds is 6. The number of aryl methyl sites for hydroxylation is 1. The topological polar surface area (TPSA) is 79.3 Å². The maximum Gasteiger partial charge on any atom is 0.355 e. The molecule has 0 bridgehead atoms. The third-order valence-corrected chi connectivity index (χ3v) is 4.44. The van der Waals surface area contributed by atoms with Gasteiger partial charge in [-0.15, -0.1) is 22.7 Å². The Morgan fingerprint density at radius 1 is 1.43 bits per heavy atom. The molecule has 2 rings (SSSR count). The zero-order valence-corrected chi connectivity index (χ0v) is 13.0. The Labute approximate surface area is 130 Å². The fourth-order valence-electron chi connectivity index (χ4n) is 1.58. The number of carboxylic acid groups (broad SMARTS) is 1. The maximum absolute atomic E-state index is 11.6. The van der Waals surface area contributed by atoms with Crippen LogP contribution in [0.2, 0.25) is 0 Å². The van der Waals surface area contributed by atoms with E-state index >= 15 is 0 Å². The molecule has 7 heteroatoms. The number of nitrogens with one attached hydrogen (secondary N) is 1. The highest BCUT2D eigenvalue weighted by Crippen LogP contribution is 2.16. The molecule has 0 unspecified atom stereocenters. The van der Waals surface area contributed by atoms with E-state index in [2.05, 4.69) is 10.3 Å². The molecule has 0 fully saturated rings. The first-order valence-corrected chi connectivity index (χ1v) is 7.94. The smallest absolute Gasteiger partial charge is 0.355 e. The summed E-state index contributed by atoms with van der Waals surface area (Å²) in [6, 6.07) is 3.97. The number of hydrogen-bond acceptors (Lipinski definition) is 5. The number of amides is 1. The van der Waals surface area contributed by atoms with Gasteiger partial charge in [-0.25, -0.2) is 9.78 Å². The van der Waals surface area contributed by atoms with Gasteiger partial charge in [-0.2, -0.15) is 0 Å². The summed E-state index contributed by atoms with van der Waals surface area (Å²) >= 11 is 2.91. The molecule has 0 aromatic carbocycles. The first-order chi connectivity index (χ1) is 10.0. The predicted octanol–water partition coefficient (Wildman–Crippen LogP) is 2.58. The third-order valence-electron chi connectivity index (χ3n) is 2.57. The number of nitrogens with zero attached hydrogens (tertiary/aromatic N) is 1. The highest BCUT2D eigenvalue weighted by Gasteiger charge is 2.08. The van der Waals surface area contributed by atoms with Crippen LogP contribution in [0.1, 0.15) is 25.3 Å². The van der Waals surface area contributed by atoms with E-state index in [1.54, 1.807) is 17.4 Å². The minimum Gasteiger partial charge on any atom is -0.476 e. The molecule has 0 radical (unpaired) electrons. The van der Waals surface area contributed by atoms with E-state index < -0.39 is 5.97 Å². The first kappa shape index (κ1) is 15.4. The molecule has 21 heavy (non-hydrogen) atoms. The predicted molar refractivity (Wildman–Crippen MR) is 83.9 cm³/mol. The molecule has 2 heterocycles. The largest absolute Gasteiger partial charge is 0.476 e. The number of carboxylic acids is 1. The molecule has 0 saturated carbocycles. The van der Waals surface area contributed by atoms with Crippen LogP contribution in [0.4, 0.5) is 0 Å². The lowest BCUT2D eigenvalue weighted by Gasteiger charge is -1.99. The second-order valence-electron chi connectivity index (χ2n) is 4.25. The van der Waals surface area contributed by atoms with E-state index in [1.807, 2.05) is 19.1 Å². The highest BCUT2D eigenvalue weighted by molar-refractivity contribution is 7.12. The number of carbonyl (C=O) groups is 2. The van der Waals surface area contributed by atoms with Gasteiger partial charge in [0.15, 0.2) is 5.69 Å². The molecular formula is C14H14N2O3S2. The number of carbonyl (C=O) groups excluding carboxylic acids is 1. The summed E-state index contributed by atoms with van der Waals surface area (Å²) in [6.07, 6.45) is 3.80. The molecule has 0 aliphatic carbocycles. The molecule has 5 nitrogen and oxygen atoms in total. The van der Waals surface area contributed by atoms with Crippen molar-refractivity contribution in [3.05, 3.63) is 44.0 Å². The fourth-order valence-corrected chi connectivity index (χ4v) is 3.13. The van der Waals surface area contributed by atoms with E-state index in [-0.39, 0.29) is 11.6 Å². The SMILES string of the molecule is Cc1ccc(C=CC(=O)NCCc2nc(C(=O)O)cs2)s1.